The van der Waals surface area contributed by atoms with Crippen molar-refractivity contribution in [3.8, 4) is 10.6 Å². The zero-order valence-electron chi connectivity index (χ0n) is 16.5. The van der Waals surface area contributed by atoms with Gasteiger partial charge < -0.3 is 4.48 Å². The van der Waals surface area contributed by atoms with Crippen LogP contribution in [0, 0.1) is 0 Å². The first-order valence-electron chi connectivity index (χ1n) is 10.1. The Morgan fingerprint density at radius 2 is 1.59 bits per heavy atom. The Hall–Kier alpha value is -2.46. The van der Waals surface area contributed by atoms with Gasteiger partial charge in [-0.05, 0) is 83.0 Å². The summed E-state index contributed by atoms with van der Waals surface area (Å²) >= 11 is 2.73. The molecule has 0 atom stereocenters. The van der Waals surface area contributed by atoms with Gasteiger partial charge in [-0.3, -0.25) is 8.63 Å². The summed E-state index contributed by atoms with van der Waals surface area (Å²) in [7, 11) is -3.10. The van der Waals surface area contributed by atoms with E-state index in [4.69, 9.17) is 0 Å². The number of allylic oxidation sites excluding steroid dienone is 3. The van der Waals surface area contributed by atoms with Crippen LogP contribution in [0.25, 0.3) is 16.1 Å². The van der Waals surface area contributed by atoms with Crippen LogP contribution in [0.2, 0.25) is 0 Å². The van der Waals surface area contributed by atoms with E-state index in [1.54, 1.807) is 5.38 Å². The molecule has 0 N–H and O–H groups in total. The summed E-state index contributed by atoms with van der Waals surface area (Å²) < 4.78 is 72.3. The maximum atomic E-state index is 14.4. The molecule has 6 rings (SSSR count). The van der Waals surface area contributed by atoms with Crippen LogP contribution >= 0.6 is 22.7 Å². The van der Waals surface area contributed by atoms with Gasteiger partial charge in [0.25, 0.3) is 0 Å². The maximum absolute atomic E-state index is 14.4. The lowest BCUT2D eigenvalue weighted by Crippen LogP contribution is -2.22. The first-order chi connectivity index (χ1) is 15.3. The minimum absolute atomic E-state index is 0.199. The molecule has 0 radical (unpaired) electrons. The van der Waals surface area contributed by atoms with E-state index in [0.717, 1.165) is 28.0 Å². The minimum atomic E-state index is -4.84. The molecule has 0 saturated heterocycles. The molecule has 4 heterocycles. The Kier molecular flexibility index (Phi) is 4.43. The molecule has 2 aliphatic carbocycles. The molecule has 32 heavy (non-hydrogen) atoms. The van der Waals surface area contributed by atoms with Gasteiger partial charge >= 0.3 is 13.6 Å². The standard InChI is InChI=1S/C22H14BF5N2S2/c24-22(25,26)17(15-9-13-3-1-11-5-7-31-20(11)18(13)29-15)16-10-14-4-2-12-6-8-32-21(12)19(14)30(16)23(27)28/h5-10H,1-4H2/b17-15+. The minimum Gasteiger partial charge on any atom is -0.324 e. The van der Waals surface area contributed by atoms with Crippen molar-refractivity contribution in [2.24, 2.45) is 4.99 Å². The highest BCUT2D eigenvalue weighted by Crippen LogP contribution is 2.47. The summed E-state index contributed by atoms with van der Waals surface area (Å²) in [5.74, 6) is 0. The Bertz CT molecular complexity index is 1350. The van der Waals surface area contributed by atoms with Crippen molar-refractivity contribution in [2.45, 2.75) is 31.9 Å². The number of aromatic nitrogens is 1. The summed E-state index contributed by atoms with van der Waals surface area (Å²) in [5, 5.41) is 3.69. The number of aliphatic imine (C=N–C) groups is 1. The second kappa shape index (κ2) is 7.02. The highest BCUT2D eigenvalue weighted by atomic mass is 32.1. The van der Waals surface area contributed by atoms with Crippen molar-refractivity contribution in [3.05, 3.63) is 73.6 Å². The van der Waals surface area contributed by atoms with Crippen LogP contribution in [-0.2, 0) is 19.3 Å². The molecular weight excluding hydrogens is 462 g/mol. The Morgan fingerprint density at radius 3 is 2.31 bits per heavy atom. The molecule has 10 heteroatoms. The van der Waals surface area contributed by atoms with Gasteiger partial charge in [-0.15, -0.1) is 22.7 Å². The smallest absolute Gasteiger partial charge is 0.324 e. The van der Waals surface area contributed by atoms with Crippen molar-refractivity contribution in [1.82, 2.24) is 4.48 Å². The van der Waals surface area contributed by atoms with Gasteiger partial charge in [-0.25, -0.2) is 4.99 Å². The van der Waals surface area contributed by atoms with Gasteiger partial charge in [-0.2, -0.15) is 13.2 Å². The fourth-order valence-electron chi connectivity index (χ4n) is 4.83. The van der Waals surface area contributed by atoms with E-state index in [9.17, 15) is 21.8 Å². The van der Waals surface area contributed by atoms with Gasteiger partial charge in [-0.1, -0.05) is 0 Å². The largest absolute Gasteiger partial charge is 0.678 e. The van der Waals surface area contributed by atoms with Crippen LogP contribution in [0.3, 0.4) is 0 Å². The lowest BCUT2D eigenvalue weighted by molar-refractivity contribution is -0.0696. The Morgan fingerprint density at radius 1 is 0.938 bits per heavy atom. The zero-order chi connectivity index (χ0) is 22.2. The average Bonchev–Trinajstić information content (AvgIpc) is 3.49. The number of rotatable bonds is 2. The Balaban J connectivity index is 1.61. The summed E-state index contributed by atoms with van der Waals surface area (Å²) in [6, 6.07) is 5.10. The van der Waals surface area contributed by atoms with Crippen molar-refractivity contribution in [1.29, 1.82) is 0 Å². The molecule has 0 bridgehead atoms. The molecule has 0 amide bonds. The van der Waals surface area contributed by atoms with Crippen LogP contribution in [0.4, 0.5) is 21.8 Å². The normalized spacial score (nSPS) is 18.4. The summed E-state index contributed by atoms with van der Waals surface area (Å²) in [5.41, 5.74) is 2.06. The number of hydrogen-bond acceptors (Lipinski definition) is 3. The van der Waals surface area contributed by atoms with Crippen molar-refractivity contribution >= 4 is 41.4 Å². The Labute approximate surface area is 188 Å². The van der Waals surface area contributed by atoms with Gasteiger partial charge in [0.05, 0.1) is 26.9 Å². The molecule has 1 aliphatic heterocycles. The van der Waals surface area contributed by atoms with E-state index in [1.165, 1.54) is 34.8 Å². The molecule has 162 valence electrons. The van der Waals surface area contributed by atoms with E-state index >= 15 is 0 Å². The molecule has 3 aromatic heterocycles. The third kappa shape index (κ3) is 2.92. The van der Waals surface area contributed by atoms with Crippen LogP contribution in [0.15, 0.2) is 51.3 Å². The first-order valence-corrected chi connectivity index (χ1v) is 11.9. The number of halogens is 5. The van der Waals surface area contributed by atoms with E-state index in [-0.39, 0.29) is 11.4 Å². The fourth-order valence-corrected chi connectivity index (χ4v) is 6.84. The molecule has 0 unspecified atom stereocenters. The van der Waals surface area contributed by atoms with E-state index in [1.807, 2.05) is 17.5 Å². The predicted molar refractivity (Wildman–Crippen MR) is 119 cm³/mol. The lowest BCUT2D eigenvalue weighted by atomic mass is 9.93. The van der Waals surface area contributed by atoms with Gasteiger partial charge in [0.1, 0.15) is 5.57 Å². The highest BCUT2D eigenvalue weighted by molar-refractivity contribution is 7.13. The van der Waals surface area contributed by atoms with E-state index in [0.29, 0.717) is 39.9 Å². The molecule has 0 fully saturated rings. The summed E-state index contributed by atoms with van der Waals surface area (Å²) in [6.07, 6.45) is -1.03. The quantitative estimate of drug-likeness (QED) is 0.286. The SMILES string of the molecule is FB(F)n1c(/C(=C2/C=C3CCc4ccsc4C3=N2)C(F)(F)F)cc2c1-c1sccc1CC2. The van der Waals surface area contributed by atoms with Gasteiger partial charge in [0.15, 0.2) is 0 Å². The van der Waals surface area contributed by atoms with Crippen molar-refractivity contribution in [2.75, 3.05) is 0 Å². The number of alkyl halides is 3. The fraction of sp³-hybridized carbons (Fsp3) is 0.227. The first kappa shape index (κ1) is 20.2. The molecular formula is C22H14BF5N2S2. The van der Waals surface area contributed by atoms with Gasteiger partial charge in [0, 0.05) is 5.69 Å². The number of fused-ring (bicyclic) bond motifs is 6. The zero-order valence-corrected chi connectivity index (χ0v) is 18.1. The van der Waals surface area contributed by atoms with Crippen LogP contribution < -0.4 is 0 Å². The third-order valence-corrected chi connectivity index (χ3v) is 8.13. The molecule has 0 saturated carbocycles. The van der Waals surface area contributed by atoms with Crippen molar-refractivity contribution < 1.29 is 21.8 Å². The second-order valence-electron chi connectivity index (χ2n) is 7.99. The second-order valence-corrected chi connectivity index (χ2v) is 9.82. The maximum Gasteiger partial charge on any atom is 0.678 e. The molecule has 0 spiro atoms. The molecule has 3 aromatic rings. The average molecular weight is 476 g/mol. The van der Waals surface area contributed by atoms with Crippen molar-refractivity contribution in [3.63, 3.8) is 0 Å². The number of aryl methyl sites for hydroxylation is 3. The van der Waals surface area contributed by atoms with Gasteiger partial charge in [0.2, 0.25) is 0 Å². The lowest BCUT2D eigenvalue weighted by Gasteiger charge is -2.18. The molecule has 3 aliphatic rings. The van der Waals surface area contributed by atoms with E-state index < -0.39 is 24.8 Å². The number of nitrogens with zero attached hydrogens (tertiary/aromatic N) is 2. The monoisotopic (exact) mass is 476 g/mol. The third-order valence-electron chi connectivity index (χ3n) is 6.20. The summed E-state index contributed by atoms with van der Waals surface area (Å²) in [6.45, 7) is 0. The number of hydrogen-bond donors (Lipinski definition) is 0. The predicted octanol–water partition coefficient (Wildman–Crippen LogP) is 6.80. The summed E-state index contributed by atoms with van der Waals surface area (Å²) in [4.78, 5) is 5.84. The molecule has 0 aromatic carbocycles. The molecule has 2 nitrogen and oxygen atoms in total. The number of thiophene rings is 2. The van der Waals surface area contributed by atoms with E-state index in [2.05, 4.69) is 4.99 Å². The van der Waals surface area contributed by atoms with Crippen LogP contribution in [0.1, 0.15) is 33.7 Å². The highest BCUT2D eigenvalue weighted by Gasteiger charge is 2.44. The topological polar surface area (TPSA) is 17.3 Å². The van der Waals surface area contributed by atoms with Crippen LogP contribution in [-0.4, -0.2) is 23.8 Å². The van der Waals surface area contributed by atoms with Crippen LogP contribution in [0.5, 0.6) is 0 Å².